The lowest BCUT2D eigenvalue weighted by Gasteiger charge is -2.23. The van der Waals surface area contributed by atoms with E-state index in [0.29, 0.717) is 6.41 Å². The van der Waals surface area contributed by atoms with Crippen LogP contribution in [0.5, 0.6) is 0 Å². The first-order chi connectivity index (χ1) is 9.51. The second-order valence-corrected chi connectivity index (χ2v) is 4.64. The highest BCUT2D eigenvalue weighted by atomic mass is 19.4. The highest BCUT2D eigenvalue weighted by Crippen LogP contribution is 2.42. The van der Waals surface area contributed by atoms with Crippen molar-refractivity contribution >= 4 is 17.7 Å². The zero-order valence-corrected chi connectivity index (χ0v) is 10.3. The van der Waals surface area contributed by atoms with Crippen molar-refractivity contribution in [2.45, 2.75) is 12.5 Å². The first-order valence-corrected chi connectivity index (χ1v) is 5.64. The minimum absolute atomic E-state index is 0.0714. The van der Waals surface area contributed by atoms with Crippen molar-refractivity contribution in [2.24, 2.45) is 0 Å². The second-order valence-electron chi connectivity index (χ2n) is 4.64. The van der Waals surface area contributed by atoms with Gasteiger partial charge in [0.1, 0.15) is 11.6 Å². The molecule has 0 N–H and O–H groups in total. The van der Waals surface area contributed by atoms with E-state index < -0.39 is 10.9 Å². The number of carbonyl (C=O) groups is 1. The fourth-order valence-electron chi connectivity index (χ4n) is 2.41. The molecule has 0 aliphatic carbocycles. The molecule has 2 aromatic heterocycles. The van der Waals surface area contributed by atoms with E-state index in [4.69, 9.17) is 5.26 Å². The molecule has 0 bridgehead atoms. The number of hydrogen-bond acceptors (Lipinski definition) is 5. The average molecular weight is 278 g/mol. The summed E-state index contributed by atoms with van der Waals surface area (Å²) in [6.07, 6.45) is 1.80. The van der Waals surface area contributed by atoms with Gasteiger partial charge in [-0.25, -0.2) is 9.50 Å². The van der Waals surface area contributed by atoms with E-state index in [1.165, 1.54) is 23.7 Å². The molecule has 0 unspecified atom stereocenters. The van der Waals surface area contributed by atoms with Crippen molar-refractivity contribution in [3.63, 3.8) is 0 Å². The minimum Gasteiger partial charge on any atom is -0.309 e. The highest BCUT2D eigenvalue weighted by Gasteiger charge is 2.48. The summed E-state index contributed by atoms with van der Waals surface area (Å²) in [6, 6.07) is 3.23. The van der Waals surface area contributed by atoms with Crippen LogP contribution in [0, 0.1) is 11.3 Å². The zero-order valence-electron chi connectivity index (χ0n) is 10.3. The molecule has 1 aliphatic heterocycles. The molecule has 0 spiro atoms. The summed E-state index contributed by atoms with van der Waals surface area (Å²) < 4.78 is 27.8. The number of amides is 1. The van der Waals surface area contributed by atoms with Gasteiger partial charge in [-0.1, -0.05) is 0 Å². The number of halogens is 2. The number of hydrogen-bond donors (Lipinski definition) is 0. The Labute approximate surface area is 111 Å². The van der Waals surface area contributed by atoms with Gasteiger partial charge in [-0.05, 0) is 6.92 Å². The van der Waals surface area contributed by atoms with Crippen molar-refractivity contribution in [3.8, 4) is 6.07 Å². The maximum atomic E-state index is 13.3. The second kappa shape index (κ2) is 3.94. The van der Waals surface area contributed by atoms with Gasteiger partial charge >= 0.3 is 0 Å². The van der Waals surface area contributed by atoms with E-state index in [1.54, 1.807) is 0 Å². The monoisotopic (exact) mass is 278 g/mol. The molecule has 3 rings (SSSR count). The van der Waals surface area contributed by atoms with Crippen LogP contribution in [0.15, 0.2) is 12.3 Å². The van der Waals surface area contributed by atoms with Crippen LogP contribution < -0.4 is 4.90 Å². The largest absolute Gasteiger partial charge is 0.309 e. The van der Waals surface area contributed by atoms with Crippen LogP contribution in [-0.2, 0) is 10.3 Å². The Balaban J connectivity index is 2.37. The number of aromatic nitrogens is 3. The van der Waals surface area contributed by atoms with Crippen molar-refractivity contribution < 1.29 is 13.8 Å². The standard InChI is InChI=1S/C11H8F2N6O/c1-11(19(12)13)5-17(6-20)8-4-15-9-2-7(3-14)16-18(9)10(8)11/h2,4,6H,5H2,1H3/t11-/m0/s1. The third-order valence-electron chi connectivity index (χ3n) is 3.38. The lowest BCUT2D eigenvalue weighted by Crippen LogP contribution is -2.39. The van der Waals surface area contributed by atoms with Gasteiger partial charge in [0.05, 0.1) is 24.1 Å². The molecule has 2 aromatic rings. The molecule has 7 nitrogen and oxygen atoms in total. The first-order valence-electron chi connectivity index (χ1n) is 5.64. The molecule has 0 saturated carbocycles. The summed E-state index contributed by atoms with van der Waals surface area (Å²) in [5.41, 5.74) is -0.983. The van der Waals surface area contributed by atoms with Gasteiger partial charge in [0.2, 0.25) is 6.41 Å². The molecule has 0 fully saturated rings. The third-order valence-corrected chi connectivity index (χ3v) is 3.38. The predicted molar refractivity (Wildman–Crippen MR) is 62.5 cm³/mol. The molecule has 1 amide bonds. The van der Waals surface area contributed by atoms with Crippen molar-refractivity contribution in [3.05, 3.63) is 23.7 Å². The summed E-state index contributed by atoms with van der Waals surface area (Å²) in [5.74, 6) is 0. The van der Waals surface area contributed by atoms with Crippen LogP contribution in [0.1, 0.15) is 18.3 Å². The van der Waals surface area contributed by atoms with Crippen LogP contribution >= 0.6 is 0 Å². The third kappa shape index (κ3) is 1.42. The van der Waals surface area contributed by atoms with Crippen LogP contribution in [0.3, 0.4) is 0 Å². The van der Waals surface area contributed by atoms with Gasteiger partial charge in [0.25, 0.3) is 0 Å². The lowest BCUT2D eigenvalue weighted by atomic mass is 10.0. The Morgan fingerprint density at radius 2 is 2.35 bits per heavy atom. The van der Waals surface area contributed by atoms with Gasteiger partial charge in [-0.3, -0.25) is 4.79 Å². The van der Waals surface area contributed by atoms with Gasteiger partial charge in [-0.2, -0.15) is 10.4 Å². The number of nitrogens with zero attached hydrogens (tertiary/aromatic N) is 6. The maximum Gasteiger partial charge on any atom is 0.214 e. The maximum absolute atomic E-state index is 13.3. The van der Waals surface area contributed by atoms with Crippen LogP contribution in [0.2, 0.25) is 0 Å². The fourth-order valence-corrected chi connectivity index (χ4v) is 2.41. The number of carbonyl (C=O) groups excluding carboxylic acids is 1. The molecular formula is C11H8F2N6O. The van der Waals surface area contributed by atoms with E-state index in [1.807, 2.05) is 6.07 Å². The molecule has 1 aliphatic rings. The van der Waals surface area contributed by atoms with E-state index in [-0.39, 0.29) is 29.3 Å². The van der Waals surface area contributed by atoms with E-state index in [9.17, 15) is 13.8 Å². The Hall–Kier alpha value is -2.60. The number of anilines is 1. The molecule has 20 heavy (non-hydrogen) atoms. The molecule has 102 valence electrons. The average Bonchev–Trinajstić information content (AvgIpc) is 2.97. The number of nitriles is 1. The molecule has 0 saturated heterocycles. The summed E-state index contributed by atoms with van der Waals surface area (Å²) in [4.78, 5) is 16.2. The van der Waals surface area contributed by atoms with Crippen LogP contribution in [0.4, 0.5) is 14.6 Å². The smallest absolute Gasteiger partial charge is 0.214 e. The molecule has 0 aromatic carbocycles. The summed E-state index contributed by atoms with van der Waals surface area (Å²) >= 11 is 0. The van der Waals surface area contributed by atoms with Gasteiger partial charge in [0, 0.05) is 11.4 Å². The molecular weight excluding hydrogens is 270 g/mol. The van der Waals surface area contributed by atoms with Crippen molar-refractivity contribution in [1.82, 2.24) is 19.9 Å². The molecule has 1 atom stereocenters. The number of rotatable bonds is 2. The topological polar surface area (TPSA) is 77.5 Å². The van der Waals surface area contributed by atoms with Crippen molar-refractivity contribution in [2.75, 3.05) is 11.4 Å². The van der Waals surface area contributed by atoms with Gasteiger partial charge < -0.3 is 4.90 Å². The lowest BCUT2D eigenvalue weighted by molar-refractivity contribution is -0.226. The van der Waals surface area contributed by atoms with E-state index in [2.05, 4.69) is 10.1 Å². The van der Waals surface area contributed by atoms with E-state index in [0.717, 1.165) is 4.90 Å². The van der Waals surface area contributed by atoms with Crippen LogP contribution in [-0.4, -0.2) is 32.9 Å². The quantitative estimate of drug-likeness (QED) is 0.601. The van der Waals surface area contributed by atoms with Crippen molar-refractivity contribution in [1.29, 1.82) is 5.26 Å². The normalized spacial score (nSPS) is 21.2. The molecule has 9 heteroatoms. The summed E-state index contributed by atoms with van der Waals surface area (Å²) in [7, 11) is 0. The fraction of sp³-hybridized carbons (Fsp3) is 0.273. The summed E-state index contributed by atoms with van der Waals surface area (Å²) in [6.45, 7) is 1.07. The van der Waals surface area contributed by atoms with Gasteiger partial charge in [-0.15, -0.1) is 8.96 Å². The Bertz CT molecular complexity index is 751. The van der Waals surface area contributed by atoms with E-state index >= 15 is 0 Å². The zero-order chi connectivity index (χ0) is 14.5. The Kier molecular flexibility index (Phi) is 2.45. The first kappa shape index (κ1) is 12.4. The molecule has 0 radical (unpaired) electrons. The SMILES string of the molecule is C[C@]1(N(F)F)CN(C=O)c2cnc3cc(C#N)nn3c21. The Morgan fingerprint density at radius 1 is 1.60 bits per heavy atom. The number of fused-ring (bicyclic) bond motifs is 3. The van der Waals surface area contributed by atoms with Crippen LogP contribution in [0.25, 0.3) is 5.65 Å². The highest BCUT2D eigenvalue weighted by molar-refractivity contribution is 5.80. The Morgan fingerprint density at radius 3 is 2.95 bits per heavy atom. The molecule has 3 heterocycles. The predicted octanol–water partition coefficient (Wildman–Crippen LogP) is 0.864. The van der Waals surface area contributed by atoms with Gasteiger partial charge in [0.15, 0.2) is 11.3 Å². The summed E-state index contributed by atoms with van der Waals surface area (Å²) in [5, 5.41) is 11.8. The minimum atomic E-state index is -1.71.